The van der Waals surface area contributed by atoms with Crippen molar-refractivity contribution in [3.63, 3.8) is 0 Å². The molecule has 1 aliphatic rings. The largest absolute Gasteiger partial charge is 0.356 e. The van der Waals surface area contributed by atoms with Crippen molar-refractivity contribution in [2.45, 2.75) is 46.0 Å². The number of nitrogens with zero attached hydrogens (tertiary/aromatic N) is 3. The average molecular weight is 268 g/mol. The molecule has 0 saturated heterocycles. The SMILES string of the molecule is CCN(CC1CC1)c1cc(Cl)nc(C(C)(C)C)n1. The van der Waals surface area contributed by atoms with E-state index >= 15 is 0 Å². The minimum atomic E-state index is -0.0708. The van der Waals surface area contributed by atoms with E-state index < -0.39 is 0 Å². The van der Waals surface area contributed by atoms with Crippen LogP contribution in [-0.4, -0.2) is 23.1 Å². The first-order valence-electron chi connectivity index (χ1n) is 6.70. The van der Waals surface area contributed by atoms with E-state index in [1.807, 2.05) is 6.07 Å². The first kappa shape index (κ1) is 13.6. The summed E-state index contributed by atoms with van der Waals surface area (Å²) < 4.78 is 0. The van der Waals surface area contributed by atoms with Crippen LogP contribution in [0.3, 0.4) is 0 Å². The summed E-state index contributed by atoms with van der Waals surface area (Å²) in [6.45, 7) is 10.6. The average Bonchev–Trinajstić information content (AvgIpc) is 3.07. The van der Waals surface area contributed by atoms with Crippen molar-refractivity contribution < 1.29 is 0 Å². The summed E-state index contributed by atoms with van der Waals surface area (Å²) >= 11 is 6.13. The molecule has 1 heterocycles. The molecule has 0 atom stereocenters. The zero-order valence-electron chi connectivity index (χ0n) is 11.7. The van der Waals surface area contributed by atoms with E-state index in [0.29, 0.717) is 5.15 Å². The predicted molar refractivity (Wildman–Crippen MR) is 76.4 cm³/mol. The lowest BCUT2D eigenvalue weighted by atomic mass is 9.96. The van der Waals surface area contributed by atoms with Crippen molar-refractivity contribution in [3.05, 3.63) is 17.0 Å². The third-order valence-electron chi connectivity index (χ3n) is 3.23. The Morgan fingerprint density at radius 1 is 1.33 bits per heavy atom. The van der Waals surface area contributed by atoms with E-state index in [2.05, 4.69) is 42.6 Å². The molecule has 4 heteroatoms. The van der Waals surface area contributed by atoms with E-state index in [9.17, 15) is 0 Å². The van der Waals surface area contributed by atoms with E-state index in [-0.39, 0.29) is 5.41 Å². The Balaban J connectivity index is 2.27. The molecule has 0 bridgehead atoms. The number of anilines is 1. The zero-order chi connectivity index (χ0) is 13.3. The highest BCUT2D eigenvalue weighted by Gasteiger charge is 2.26. The van der Waals surface area contributed by atoms with E-state index in [1.165, 1.54) is 12.8 Å². The second-order valence-electron chi connectivity index (χ2n) is 6.10. The molecule has 1 aromatic rings. The van der Waals surface area contributed by atoms with Crippen LogP contribution in [-0.2, 0) is 5.41 Å². The minimum absolute atomic E-state index is 0.0708. The molecule has 0 radical (unpaired) electrons. The fourth-order valence-electron chi connectivity index (χ4n) is 1.90. The van der Waals surface area contributed by atoms with Gasteiger partial charge in [-0.05, 0) is 25.7 Å². The molecular formula is C14H22ClN3. The summed E-state index contributed by atoms with van der Waals surface area (Å²) in [6, 6.07) is 1.88. The summed E-state index contributed by atoms with van der Waals surface area (Å²) in [5.74, 6) is 2.63. The van der Waals surface area contributed by atoms with Gasteiger partial charge in [0, 0.05) is 24.6 Å². The Bertz CT molecular complexity index is 422. The summed E-state index contributed by atoms with van der Waals surface area (Å²) in [4.78, 5) is 11.3. The topological polar surface area (TPSA) is 29.0 Å². The molecule has 1 aliphatic carbocycles. The summed E-state index contributed by atoms with van der Waals surface area (Å²) in [5.41, 5.74) is -0.0708. The molecule has 18 heavy (non-hydrogen) atoms. The molecule has 0 N–H and O–H groups in total. The van der Waals surface area contributed by atoms with E-state index in [0.717, 1.165) is 30.6 Å². The van der Waals surface area contributed by atoms with Crippen molar-refractivity contribution in [2.75, 3.05) is 18.0 Å². The van der Waals surface area contributed by atoms with Crippen molar-refractivity contribution in [1.29, 1.82) is 0 Å². The lowest BCUT2D eigenvalue weighted by Gasteiger charge is -2.24. The Hall–Kier alpha value is -0.830. The predicted octanol–water partition coefficient (Wildman–Crippen LogP) is 3.66. The van der Waals surface area contributed by atoms with Crippen molar-refractivity contribution >= 4 is 17.4 Å². The fourth-order valence-corrected chi connectivity index (χ4v) is 2.08. The molecule has 2 rings (SSSR count). The molecule has 0 aliphatic heterocycles. The Morgan fingerprint density at radius 3 is 2.50 bits per heavy atom. The van der Waals surface area contributed by atoms with Gasteiger partial charge in [0.25, 0.3) is 0 Å². The number of hydrogen-bond donors (Lipinski definition) is 0. The highest BCUT2D eigenvalue weighted by Crippen LogP contribution is 2.32. The quantitative estimate of drug-likeness (QED) is 0.780. The van der Waals surface area contributed by atoms with Gasteiger partial charge < -0.3 is 4.90 Å². The van der Waals surface area contributed by atoms with Crippen LogP contribution in [0, 0.1) is 5.92 Å². The number of halogens is 1. The fraction of sp³-hybridized carbons (Fsp3) is 0.714. The van der Waals surface area contributed by atoms with Crippen LogP contribution in [0.2, 0.25) is 5.15 Å². The second-order valence-corrected chi connectivity index (χ2v) is 6.49. The molecular weight excluding hydrogens is 246 g/mol. The van der Waals surface area contributed by atoms with Gasteiger partial charge in [-0.25, -0.2) is 9.97 Å². The van der Waals surface area contributed by atoms with Gasteiger partial charge in [-0.3, -0.25) is 0 Å². The van der Waals surface area contributed by atoms with Gasteiger partial charge in [0.2, 0.25) is 0 Å². The maximum absolute atomic E-state index is 6.13. The monoisotopic (exact) mass is 267 g/mol. The zero-order valence-corrected chi connectivity index (χ0v) is 12.5. The van der Waals surface area contributed by atoms with Crippen LogP contribution in [0.1, 0.15) is 46.4 Å². The molecule has 1 saturated carbocycles. The van der Waals surface area contributed by atoms with Gasteiger partial charge in [-0.1, -0.05) is 32.4 Å². The van der Waals surface area contributed by atoms with E-state index in [1.54, 1.807) is 0 Å². The van der Waals surface area contributed by atoms with E-state index in [4.69, 9.17) is 11.6 Å². The van der Waals surface area contributed by atoms with Crippen LogP contribution < -0.4 is 4.90 Å². The first-order chi connectivity index (χ1) is 8.40. The highest BCUT2D eigenvalue weighted by molar-refractivity contribution is 6.29. The van der Waals surface area contributed by atoms with Gasteiger partial charge >= 0.3 is 0 Å². The van der Waals surface area contributed by atoms with Crippen LogP contribution in [0.5, 0.6) is 0 Å². The van der Waals surface area contributed by atoms with Crippen molar-refractivity contribution in [1.82, 2.24) is 9.97 Å². The summed E-state index contributed by atoms with van der Waals surface area (Å²) in [5, 5.41) is 0.541. The Morgan fingerprint density at radius 2 is 2.00 bits per heavy atom. The normalized spacial score (nSPS) is 15.8. The van der Waals surface area contributed by atoms with Crippen molar-refractivity contribution in [3.8, 4) is 0 Å². The number of hydrogen-bond acceptors (Lipinski definition) is 3. The van der Waals surface area contributed by atoms with Crippen LogP contribution >= 0.6 is 11.6 Å². The summed E-state index contributed by atoms with van der Waals surface area (Å²) in [6.07, 6.45) is 2.70. The Labute approximate surface area is 115 Å². The third kappa shape index (κ3) is 3.35. The Kier molecular flexibility index (Phi) is 3.81. The van der Waals surface area contributed by atoms with Gasteiger partial charge in [-0.2, -0.15) is 0 Å². The first-order valence-corrected chi connectivity index (χ1v) is 7.08. The molecule has 0 unspecified atom stereocenters. The molecule has 3 nitrogen and oxygen atoms in total. The molecule has 0 amide bonds. The smallest absolute Gasteiger partial charge is 0.137 e. The van der Waals surface area contributed by atoms with Gasteiger partial charge in [0.15, 0.2) is 0 Å². The highest BCUT2D eigenvalue weighted by atomic mass is 35.5. The molecule has 0 aromatic carbocycles. The van der Waals surface area contributed by atoms with Gasteiger partial charge in [-0.15, -0.1) is 0 Å². The van der Waals surface area contributed by atoms with Crippen LogP contribution in [0.4, 0.5) is 5.82 Å². The number of aromatic nitrogens is 2. The molecule has 0 spiro atoms. The molecule has 1 fully saturated rings. The molecule has 100 valence electrons. The lowest BCUT2D eigenvalue weighted by molar-refractivity contribution is 0.543. The molecule has 1 aromatic heterocycles. The lowest BCUT2D eigenvalue weighted by Crippen LogP contribution is -2.28. The van der Waals surface area contributed by atoms with Gasteiger partial charge in [0.05, 0.1) is 0 Å². The third-order valence-corrected chi connectivity index (χ3v) is 3.43. The second kappa shape index (κ2) is 5.04. The maximum Gasteiger partial charge on any atom is 0.137 e. The van der Waals surface area contributed by atoms with Crippen molar-refractivity contribution in [2.24, 2.45) is 5.92 Å². The van der Waals surface area contributed by atoms with Gasteiger partial charge in [0.1, 0.15) is 16.8 Å². The number of rotatable bonds is 4. The minimum Gasteiger partial charge on any atom is -0.356 e. The summed E-state index contributed by atoms with van der Waals surface area (Å²) in [7, 11) is 0. The van der Waals surface area contributed by atoms with Crippen LogP contribution in [0.25, 0.3) is 0 Å². The van der Waals surface area contributed by atoms with Crippen LogP contribution in [0.15, 0.2) is 6.07 Å². The maximum atomic E-state index is 6.13. The standard InChI is InChI=1S/C14H22ClN3/c1-5-18(9-10-6-7-10)12-8-11(15)16-13(17-12)14(2,3)4/h8,10H,5-7,9H2,1-4H3.